The maximum Gasteiger partial charge on any atom is 0.224 e. The molecule has 0 bridgehead atoms. The molecule has 0 radical (unpaired) electrons. The predicted octanol–water partition coefficient (Wildman–Crippen LogP) is 2.72. The Labute approximate surface area is 152 Å². The Morgan fingerprint density at radius 2 is 1.88 bits per heavy atom. The largest absolute Gasteiger partial charge is 0.340 e. The lowest BCUT2D eigenvalue weighted by Gasteiger charge is -2.34. The number of halogens is 2. The van der Waals surface area contributed by atoms with Crippen LogP contribution in [0.1, 0.15) is 17.7 Å². The van der Waals surface area contributed by atoms with Crippen LogP contribution < -0.4 is 0 Å². The molecule has 2 aromatic rings. The summed E-state index contributed by atoms with van der Waals surface area (Å²) in [5.74, 6) is -0.0708. The van der Waals surface area contributed by atoms with E-state index in [2.05, 4.69) is 10.00 Å². The van der Waals surface area contributed by atoms with E-state index in [1.54, 1.807) is 10.9 Å². The fourth-order valence-corrected chi connectivity index (χ4v) is 3.13. The summed E-state index contributed by atoms with van der Waals surface area (Å²) in [5.41, 5.74) is 1.87. The highest BCUT2D eigenvalue weighted by Gasteiger charge is 2.21. The van der Waals surface area contributed by atoms with Crippen LogP contribution in [0.25, 0.3) is 0 Å². The number of hydrogen-bond donors (Lipinski definition) is 0. The second-order valence-corrected chi connectivity index (χ2v) is 6.77. The van der Waals surface area contributed by atoms with Crippen LogP contribution in [0.15, 0.2) is 30.5 Å². The van der Waals surface area contributed by atoms with Crippen molar-refractivity contribution >= 4 is 17.5 Å². The Kier molecular flexibility index (Phi) is 5.71. The van der Waals surface area contributed by atoms with Crippen LogP contribution in [0.2, 0.25) is 5.02 Å². The summed E-state index contributed by atoms with van der Waals surface area (Å²) < 4.78 is 14.7. The van der Waals surface area contributed by atoms with Gasteiger partial charge < -0.3 is 4.90 Å². The zero-order valence-corrected chi connectivity index (χ0v) is 15.0. The first-order valence-electron chi connectivity index (χ1n) is 8.45. The van der Waals surface area contributed by atoms with E-state index in [1.165, 1.54) is 12.1 Å². The summed E-state index contributed by atoms with van der Waals surface area (Å²) >= 11 is 5.98. The smallest absolute Gasteiger partial charge is 0.224 e. The van der Waals surface area contributed by atoms with Gasteiger partial charge in [-0.2, -0.15) is 5.10 Å². The predicted molar refractivity (Wildman–Crippen MR) is 94.8 cm³/mol. The Bertz CT molecular complexity index is 704. The molecular weight excluding hydrogens is 343 g/mol. The molecule has 0 spiro atoms. The van der Waals surface area contributed by atoms with E-state index in [1.807, 2.05) is 24.0 Å². The summed E-state index contributed by atoms with van der Waals surface area (Å²) in [7, 11) is 0. The highest BCUT2D eigenvalue weighted by Crippen LogP contribution is 2.13. The molecule has 7 heteroatoms. The summed E-state index contributed by atoms with van der Waals surface area (Å²) in [4.78, 5) is 16.5. The molecule has 0 aliphatic carbocycles. The average molecular weight is 365 g/mol. The number of aryl methyl sites for hydroxylation is 2. The zero-order chi connectivity index (χ0) is 17.8. The molecule has 1 aliphatic rings. The topological polar surface area (TPSA) is 41.4 Å². The van der Waals surface area contributed by atoms with Crippen LogP contribution in [0.5, 0.6) is 0 Å². The number of amides is 1. The van der Waals surface area contributed by atoms with Crippen molar-refractivity contribution in [3.05, 3.63) is 52.6 Å². The number of nitrogens with zero attached hydrogens (tertiary/aromatic N) is 4. The van der Waals surface area contributed by atoms with Crippen LogP contribution >= 0.6 is 11.6 Å². The monoisotopic (exact) mass is 364 g/mol. The third-order valence-electron chi connectivity index (χ3n) is 4.49. The van der Waals surface area contributed by atoms with Gasteiger partial charge in [-0.05, 0) is 24.6 Å². The fourth-order valence-electron chi connectivity index (χ4n) is 2.98. The molecule has 1 amide bonds. The second kappa shape index (κ2) is 7.97. The number of rotatable bonds is 5. The molecule has 1 aliphatic heterocycles. The summed E-state index contributed by atoms with van der Waals surface area (Å²) in [6, 6.07) is 6.59. The number of benzene rings is 1. The van der Waals surface area contributed by atoms with Gasteiger partial charge in [-0.1, -0.05) is 23.7 Å². The lowest BCUT2D eigenvalue weighted by Crippen LogP contribution is -2.48. The van der Waals surface area contributed by atoms with Gasteiger partial charge in [-0.25, -0.2) is 4.39 Å². The highest BCUT2D eigenvalue weighted by atomic mass is 35.5. The van der Waals surface area contributed by atoms with Gasteiger partial charge in [0, 0.05) is 51.9 Å². The van der Waals surface area contributed by atoms with Crippen LogP contribution in [-0.2, 0) is 17.9 Å². The molecule has 25 heavy (non-hydrogen) atoms. The Morgan fingerprint density at radius 3 is 2.48 bits per heavy atom. The van der Waals surface area contributed by atoms with Gasteiger partial charge >= 0.3 is 0 Å². The molecule has 0 atom stereocenters. The van der Waals surface area contributed by atoms with Crippen LogP contribution in [0.4, 0.5) is 4.39 Å². The van der Waals surface area contributed by atoms with E-state index in [0.29, 0.717) is 18.0 Å². The molecule has 0 N–H and O–H groups in total. The van der Waals surface area contributed by atoms with E-state index in [-0.39, 0.29) is 11.7 Å². The van der Waals surface area contributed by atoms with E-state index in [0.717, 1.165) is 44.0 Å². The third kappa shape index (κ3) is 4.80. The molecule has 1 aromatic carbocycles. The second-order valence-electron chi connectivity index (χ2n) is 6.36. The average Bonchev–Trinajstić information content (AvgIpc) is 2.93. The van der Waals surface area contributed by atoms with Crippen molar-refractivity contribution in [3.63, 3.8) is 0 Å². The van der Waals surface area contributed by atoms with Crippen molar-refractivity contribution in [2.75, 3.05) is 26.2 Å². The summed E-state index contributed by atoms with van der Waals surface area (Å²) in [5, 5.41) is 4.90. The van der Waals surface area contributed by atoms with Gasteiger partial charge in [0.05, 0.1) is 10.7 Å². The van der Waals surface area contributed by atoms with Gasteiger partial charge in [0.2, 0.25) is 5.91 Å². The van der Waals surface area contributed by atoms with E-state index in [4.69, 9.17) is 11.6 Å². The maximum atomic E-state index is 13.0. The SMILES string of the molecule is Cc1nn(CCC(=O)N2CCN(Cc3ccc(F)cc3)CC2)cc1Cl. The molecule has 0 unspecified atom stereocenters. The summed E-state index contributed by atoms with van der Waals surface area (Å²) in [6.07, 6.45) is 2.18. The standard InChI is InChI=1S/C18H22ClFN4O/c1-14-17(19)13-24(21-14)7-6-18(25)23-10-8-22(9-11-23)12-15-2-4-16(20)5-3-15/h2-5,13H,6-12H2,1H3. The molecular formula is C18H22ClFN4O. The van der Waals surface area contributed by atoms with Crippen molar-refractivity contribution in [2.24, 2.45) is 0 Å². The number of aromatic nitrogens is 2. The van der Waals surface area contributed by atoms with Gasteiger partial charge in [0.15, 0.2) is 0 Å². The van der Waals surface area contributed by atoms with E-state index in [9.17, 15) is 9.18 Å². The molecule has 0 saturated carbocycles. The van der Waals surface area contributed by atoms with Crippen molar-refractivity contribution in [1.29, 1.82) is 0 Å². The maximum absolute atomic E-state index is 13.0. The molecule has 2 heterocycles. The van der Waals surface area contributed by atoms with Crippen molar-refractivity contribution < 1.29 is 9.18 Å². The first-order chi connectivity index (χ1) is 12.0. The number of hydrogen-bond acceptors (Lipinski definition) is 3. The van der Waals surface area contributed by atoms with Crippen LogP contribution in [-0.4, -0.2) is 51.7 Å². The van der Waals surface area contributed by atoms with Gasteiger partial charge in [-0.15, -0.1) is 0 Å². The van der Waals surface area contributed by atoms with Crippen LogP contribution in [0.3, 0.4) is 0 Å². The number of carbonyl (C=O) groups excluding carboxylic acids is 1. The fraction of sp³-hybridized carbons (Fsp3) is 0.444. The van der Waals surface area contributed by atoms with Crippen molar-refractivity contribution in [2.45, 2.75) is 26.4 Å². The zero-order valence-electron chi connectivity index (χ0n) is 14.3. The Hall–Kier alpha value is -1.92. The molecule has 3 rings (SSSR count). The van der Waals surface area contributed by atoms with Gasteiger partial charge in [0.1, 0.15) is 5.82 Å². The first-order valence-corrected chi connectivity index (χ1v) is 8.83. The quantitative estimate of drug-likeness (QED) is 0.819. The number of carbonyl (C=O) groups is 1. The Morgan fingerprint density at radius 1 is 1.20 bits per heavy atom. The normalized spacial score (nSPS) is 15.6. The minimum atomic E-state index is -0.215. The van der Waals surface area contributed by atoms with Gasteiger partial charge in [0.25, 0.3) is 0 Å². The van der Waals surface area contributed by atoms with Gasteiger partial charge in [-0.3, -0.25) is 14.4 Å². The van der Waals surface area contributed by atoms with E-state index < -0.39 is 0 Å². The highest BCUT2D eigenvalue weighted by molar-refractivity contribution is 6.31. The minimum absolute atomic E-state index is 0.144. The third-order valence-corrected chi connectivity index (χ3v) is 4.86. The van der Waals surface area contributed by atoms with Crippen molar-refractivity contribution in [3.8, 4) is 0 Å². The molecule has 1 saturated heterocycles. The number of piperazine rings is 1. The molecule has 1 aromatic heterocycles. The summed E-state index contributed by atoms with van der Waals surface area (Å²) in [6.45, 7) is 6.28. The Balaban J connectivity index is 1.43. The molecule has 1 fully saturated rings. The minimum Gasteiger partial charge on any atom is -0.340 e. The molecule has 5 nitrogen and oxygen atoms in total. The van der Waals surface area contributed by atoms with Crippen molar-refractivity contribution in [1.82, 2.24) is 19.6 Å². The van der Waals surface area contributed by atoms with Crippen LogP contribution in [0, 0.1) is 12.7 Å². The molecule has 134 valence electrons. The first kappa shape index (κ1) is 17.9. The lowest BCUT2D eigenvalue weighted by molar-refractivity contribution is -0.133. The van der Waals surface area contributed by atoms with E-state index >= 15 is 0 Å². The lowest BCUT2D eigenvalue weighted by atomic mass is 10.2.